The second kappa shape index (κ2) is 2.70. The first-order valence-corrected chi connectivity index (χ1v) is 5.34. The molecule has 0 aliphatic heterocycles. The average Bonchev–Trinajstić information content (AvgIpc) is 2.12. The van der Waals surface area contributed by atoms with E-state index in [1.807, 2.05) is 0 Å². The van der Waals surface area contributed by atoms with E-state index in [1.54, 1.807) is 5.38 Å². The van der Waals surface area contributed by atoms with E-state index >= 15 is 0 Å². The Kier molecular flexibility index (Phi) is 2.08. The third kappa shape index (κ3) is 2.47. The summed E-state index contributed by atoms with van der Waals surface area (Å²) < 4.78 is 18.8. The van der Waals surface area contributed by atoms with Crippen molar-refractivity contribution in [2.45, 2.75) is 0 Å². The van der Waals surface area contributed by atoms with Crippen molar-refractivity contribution in [3.63, 3.8) is 0 Å². The minimum Gasteiger partial charge on any atom is -0.405 e. The summed E-state index contributed by atoms with van der Waals surface area (Å²) in [6.07, 6.45) is 0. The lowest BCUT2D eigenvalue weighted by Gasteiger charge is -2.03. The van der Waals surface area contributed by atoms with Gasteiger partial charge in [0.15, 0.2) is 0 Å². The molecule has 0 amide bonds. The summed E-state index contributed by atoms with van der Waals surface area (Å²) >= 11 is 1.17. The monoisotopic (exact) mass is 179 g/mol. The van der Waals surface area contributed by atoms with Crippen LogP contribution in [0.1, 0.15) is 0 Å². The van der Waals surface area contributed by atoms with Gasteiger partial charge in [-0.05, 0) is 11.5 Å². The normalized spacial score (nSPS) is 16.2. The molecule has 4 nitrogen and oxygen atoms in total. The van der Waals surface area contributed by atoms with E-state index in [1.165, 1.54) is 17.6 Å². The molecule has 56 valence electrons. The van der Waals surface area contributed by atoms with Crippen molar-refractivity contribution < 1.29 is 14.0 Å². The van der Waals surface area contributed by atoms with Crippen molar-refractivity contribution >= 4 is 19.1 Å². The molecule has 1 atom stereocenters. The van der Waals surface area contributed by atoms with Crippen LogP contribution in [-0.4, -0.2) is 15.9 Å². The van der Waals surface area contributed by atoms with Gasteiger partial charge in [-0.1, -0.05) is 0 Å². The van der Waals surface area contributed by atoms with Crippen LogP contribution in [-0.2, 0) is 4.57 Å². The van der Waals surface area contributed by atoms with Crippen molar-refractivity contribution in [1.29, 1.82) is 0 Å². The summed E-state index contributed by atoms with van der Waals surface area (Å²) in [5.74, 6) is 0.207. The maximum Gasteiger partial charge on any atom is 0.374 e. The number of hydrogen-bond acceptors (Lipinski definition) is 4. The number of aromatic nitrogens is 1. The summed E-state index contributed by atoms with van der Waals surface area (Å²) in [6, 6.07) is 1.54. The molecule has 1 aromatic rings. The van der Waals surface area contributed by atoms with Crippen LogP contribution in [0.4, 0.5) is 0 Å². The Morgan fingerprint density at radius 1 is 1.90 bits per heavy atom. The summed E-state index contributed by atoms with van der Waals surface area (Å²) in [4.78, 5) is 8.69. The second-order valence-electron chi connectivity index (χ2n) is 1.73. The zero-order chi connectivity index (χ0) is 7.61. The molecule has 0 spiro atoms. The van der Waals surface area contributed by atoms with Crippen molar-refractivity contribution in [1.82, 2.24) is 4.37 Å². The molecular formula is C4H6NO3PS. The van der Waals surface area contributed by atoms with Crippen LogP contribution in [0.5, 0.6) is 5.88 Å². The van der Waals surface area contributed by atoms with Crippen molar-refractivity contribution in [3.05, 3.63) is 11.4 Å². The van der Waals surface area contributed by atoms with Crippen LogP contribution in [0.25, 0.3) is 0 Å². The van der Waals surface area contributed by atoms with Gasteiger partial charge in [0.1, 0.15) is 0 Å². The predicted octanol–water partition coefficient (Wildman–Crippen LogP) is 1.34. The topological polar surface area (TPSA) is 59.4 Å². The highest BCUT2D eigenvalue weighted by atomic mass is 32.1. The van der Waals surface area contributed by atoms with E-state index in [0.29, 0.717) is 0 Å². The zero-order valence-electron chi connectivity index (χ0n) is 5.22. The number of rotatable bonds is 2. The summed E-state index contributed by atoms with van der Waals surface area (Å²) in [6.45, 7) is 1.12. The van der Waals surface area contributed by atoms with Gasteiger partial charge in [0.25, 0.3) is 0 Å². The minimum absolute atomic E-state index is 0.207. The molecule has 1 rings (SSSR count). The SMILES string of the molecule is CP(=O)(O)Oc1ccsn1. The average molecular weight is 179 g/mol. The Morgan fingerprint density at radius 2 is 2.60 bits per heavy atom. The maximum atomic E-state index is 10.6. The van der Waals surface area contributed by atoms with Gasteiger partial charge in [-0.25, -0.2) is 4.57 Å². The predicted molar refractivity (Wildman–Crippen MR) is 38.5 cm³/mol. The Morgan fingerprint density at radius 3 is 3.00 bits per heavy atom. The standard InChI is InChI=1S/C4H6NO3PS/c1-9(6,7)8-4-2-3-10-5-4/h2-3H,1H3,(H,6,7). The molecule has 1 N–H and O–H groups in total. The largest absolute Gasteiger partial charge is 0.405 e. The molecule has 6 heteroatoms. The molecule has 1 heterocycles. The first-order valence-electron chi connectivity index (χ1n) is 2.48. The molecule has 0 aliphatic carbocycles. The van der Waals surface area contributed by atoms with E-state index in [2.05, 4.69) is 8.90 Å². The quantitative estimate of drug-likeness (QED) is 0.696. The number of hydrogen-bond donors (Lipinski definition) is 1. The molecule has 10 heavy (non-hydrogen) atoms. The minimum atomic E-state index is -3.41. The van der Waals surface area contributed by atoms with E-state index in [9.17, 15) is 4.57 Å². The fourth-order valence-corrected chi connectivity index (χ4v) is 1.37. The molecular weight excluding hydrogens is 173 g/mol. The van der Waals surface area contributed by atoms with E-state index in [0.717, 1.165) is 6.66 Å². The van der Waals surface area contributed by atoms with Gasteiger partial charge in [-0.2, -0.15) is 4.37 Å². The summed E-state index contributed by atoms with van der Waals surface area (Å²) in [5.41, 5.74) is 0. The van der Waals surface area contributed by atoms with E-state index < -0.39 is 7.60 Å². The van der Waals surface area contributed by atoms with Crippen LogP contribution in [0, 0.1) is 0 Å². The van der Waals surface area contributed by atoms with E-state index in [4.69, 9.17) is 4.89 Å². The summed E-state index contributed by atoms with van der Waals surface area (Å²) in [5, 5.41) is 1.67. The fourth-order valence-electron chi connectivity index (χ4n) is 0.422. The van der Waals surface area contributed by atoms with Crippen molar-refractivity contribution in [2.24, 2.45) is 0 Å². The lowest BCUT2D eigenvalue weighted by Crippen LogP contribution is -1.88. The Hall–Kier alpha value is -0.380. The van der Waals surface area contributed by atoms with Gasteiger partial charge in [-0.3, -0.25) is 0 Å². The molecule has 1 aromatic heterocycles. The van der Waals surface area contributed by atoms with Gasteiger partial charge in [0.2, 0.25) is 5.88 Å². The molecule has 0 aliphatic rings. The smallest absolute Gasteiger partial charge is 0.374 e. The molecule has 0 bridgehead atoms. The van der Waals surface area contributed by atoms with Crippen LogP contribution in [0.15, 0.2) is 11.4 Å². The van der Waals surface area contributed by atoms with Crippen molar-refractivity contribution in [2.75, 3.05) is 6.66 Å². The first kappa shape index (κ1) is 7.72. The molecule has 0 saturated heterocycles. The highest BCUT2D eigenvalue weighted by Gasteiger charge is 2.12. The molecule has 0 fully saturated rings. The van der Waals surface area contributed by atoms with E-state index in [-0.39, 0.29) is 5.88 Å². The molecule has 0 saturated carbocycles. The fraction of sp³-hybridized carbons (Fsp3) is 0.250. The highest BCUT2D eigenvalue weighted by molar-refractivity contribution is 7.52. The van der Waals surface area contributed by atoms with Gasteiger partial charge in [0.05, 0.1) is 0 Å². The van der Waals surface area contributed by atoms with Gasteiger partial charge in [0, 0.05) is 18.1 Å². The van der Waals surface area contributed by atoms with Gasteiger partial charge in [-0.15, -0.1) is 0 Å². The second-order valence-corrected chi connectivity index (χ2v) is 4.19. The van der Waals surface area contributed by atoms with Crippen molar-refractivity contribution in [3.8, 4) is 5.88 Å². The highest BCUT2D eigenvalue weighted by Crippen LogP contribution is 2.37. The zero-order valence-corrected chi connectivity index (χ0v) is 6.93. The summed E-state index contributed by atoms with van der Waals surface area (Å²) in [7, 11) is -3.41. The first-order chi connectivity index (χ1) is 4.58. The molecule has 1 unspecified atom stereocenters. The molecule has 0 aromatic carbocycles. The van der Waals surface area contributed by atoms with Crippen LogP contribution in [0.3, 0.4) is 0 Å². The van der Waals surface area contributed by atoms with Crippen LogP contribution < -0.4 is 4.52 Å². The molecule has 0 radical (unpaired) electrons. The van der Waals surface area contributed by atoms with Crippen LogP contribution in [0.2, 0.25) is 0 Å². The Balaban J connectivity index is 2.66. The van der Waals surface area contributed by atoms with Crippen LogP contribution >= 0.6 is 19.1 Å². The maximum absolute atomic E-state index is 10.6. The Bertz CT molecular complexity index is 241. The number of nitrogens with zero attached hydrogens (tertiary/aromatic N) is 1. The van der Waals surface area contributed by atoms with Gasteiger partial charge >= 0.3 is 7.60 Å². The third-order valence-corrected chi connectivity index (χ3v) is 1.75. The third-order valence-electron chi connectivity index (χ3n) is 0.677. The Labute approximate surface area is 62.2 Å². The lowest BCUT2D eigenvalue weighted by atomic mass is 10.7. The van der Waals surface area contributed by atoms with Gasteiger partial charge < -0.3 is 9.42 Å². The lowest BCUT2D eigenvalue weighted by molar-refractivity contribution is 0.383.